The lowest BCUT2D eigenvalue weighted by Crippen LogP contribution is -2.48. The highest BCUT2D eigenvalue weighted by Crippen LogP contribution is 2.24. The van der Waals surface area contributed by atoms with Gasteiger partial charge < -0.3 is 10.4 Å². The van der Waals surface area contributed by atoms with E-state index in [1.165, 1.54) is 0 Å². The van der Waals surface area contributed by atoms with Gasteiger partial charge in [-0.05, 0) is 38.4 Å². The molecule has 5 nitrogen and oxygen atoms in total. The van der Waals surface area contributed by atoms with Gasteiger partial charge in [0.2, 0.25) is 0 Å². The summed E-state index contributed by atoms with van der Waals surface area (Å²) in [7, 11) is -3.03. The fourth-order valence-electron chi connectivity index (χ4n) is 3.05. The van der Waals surface area contributed by atoms with Crippen LogP contribution in [0.25, 0.3) is 0 Å². The number of rotatable bonds is 4. The number of hydrogen-bond acceptors (Lipinski definition) is 5. The first-order valence-electron chi connectivity index (χ1n) is 7.23. The number of hydrogen-bond donors (Lipinski definition) is 2. The van der Waals surface area contributed by atoms with Gasteiger partial charge in [-0.1, -0.05) is 13.8 Å². The van der Waals surface area contributed by atoms with Crippen molar-refractivity contribution >= 4 is 9.84 Å². The predicted octanol–water partition coefficient (Wildman–Crippen LogP) is -0.146. The number of aliphatic hydroxyl groups excluding tert-OH is 1. The highest BCUT2D eigenvalue weighted by molar-refractivity contribution is 7.91. The lowest BCUT2D eigenvalue weighted by atomic mass is 9.95. The molecule has 0 aromatic carbocycles. The van der Waals surface area contributed by atoms with Gasteiger partial charge in [0.15, 0.2) is 9.84 Å². The van der Waals surface area contributed by atoms with Gasteiger partial charge in [-0.2, -0.15) is 0 Å². The summed E-state index contributed by atoms with van der Waals surface area (Å²) in [6.45, 7) is 7.14. The third kappa shape index (κ3) is 4.15. The van der Waals surface area contributed by atoms with Crippen molar-refractivity contribution in [1.82, 2.24) is 10.2 Å². The standard InChI is InChI=1S/C13H26N2O3S/c1-10(2)14-7-11-3-5-15(6-4-11)12-8-19(17,18)9-13(12)16/h10-14,16H,3-9H2,1-2H3. The minimum Gasteiger partial charge on any atom is -0.390 e. The van der Waals surface area contributed by atoms with Gasteiger partial charge in [-0.15, -0.1) is 0 Å². The van der Waals surface area contributed by atoms with E-state index in [1.54, 1.807) is 0 Å². The predicted molar refractivity (Wildman–Crippen MR) is 75.9 cm³/mol. The van der Waals surface area contributed by atoms with Gasteiger partial charge in [0.05, 0.1) is 23.7 Å². The Morgan fingerprint density at radius 3 is 2.37 bits per heavy atom. The Balaban J connectivity index is 1.80. The molecule has 2 aliphatic rings. The summed E-state index contributed by atoms with van der Waals surface area (Å²) in [5.41, 5.74) is 0. The van der Waals surface area contributed by atoms with Crippen molar-refractivity contribution in [2.45, 2.75) is 44.9 Å². The molecule has 0 aromatic heterocycles. The Hall–Kier alpha value is -0.170. The number of likely N-dealkylation sites (tertiary alicyclic amines) is 1. The molecule has 0 amide bonds. The third-order valence-corrected chi connectivity index (χ3v) is 5.93. The maximum Gasteiger partial charge on any atom is 0.154 e. The molecule has 2 saturated heterocycles. The van der Waals surface area contributed by atoms with Crippen molar-refractivity contribution in [3.63, 3.8) is 0 Å². The number of aliphatic hydroxyl groups is 1. The highest BCUT2D eigenvalue weighted by atomic mass is 32.2. The number of nitrogens with one attached hydrogen (secondary N) is 1. The Morgan fingerprint density at radius 1 is 1.26 bits per heavy atom. The van der Waals surface area contributed by atoms with Crippen LogP contribution in [-0.4, -0.2) is 67.8 Å². The van der Waals surface area contributed by atoms with Gasteiger partial charge in [0, 0.05) is 6.04 Å². The van der Waals surface area contributed by atoms with Crippen LogP contribution in [0, 0.1) is 5.92 Å². The number of piperidine rings is 1. The molecule has 0 aliphatic carbocycles. The van der Waals surface area contributed by atoms with Gasteiger partial charge in [0.25, 0.3) is 0 Å². The molecule has 0 aromatic rings. The molecule has 2 N–H and O–H groups in total. The smallest absolute Gasteiger partial charge is 0.154 e. The summed E-state index contributed by atoms with van der Waals surface area (Å²) in [4.78, 5) is 2.17. The van der Waals surface area contributed by atoms with E-state index in [9.17, 15) is 13.5 Å². The minimum atomic E-state index is -3.03. The average Bonchev–Trinajstić information content (AvgIpc) is 2.61. The maximum absolute atomic E-state index is 11.5. The third-order valence-electron chi connectivity index (χ3n) is 4.23. The zero-order chi connectivity index (χ0) is 14.0. The second-order valence-corrected chi connectivity index (χ2v) is 8.41. The summed E-state index contributed by atoms with van der Waals surface area (Å²) in [5.74, 6) is 0.740. The van der Waals surface area contributed by atoms with Crippen molar-refractivity contribution in [3.05, 3.63) is 0 Å². The highest BCUT2D eigenvalue weighted by Gasteiger charge is 2.40. The second-order valence-electron chi connectivity index (χ2n) is 6.25. The maximum atomic E-state index is 11.5. The van der Waals surface area contributed by atoms with Gasteiger partial charge in [-0.25, -0.2) is 8.42 Å². The Morgan fingerprint density at radius 2 is 1.89 bits per heavy atom. The fraction of sp³-hybridized carbons (Fsp3) is 1.00. The van der Waals surface area contributed by atoms with Crippen LogP contribution in [0.3, 0.4) is 0 Å². The van der Waals surface area contributed by atoms with Crippen LogP contribution in [-0.2, 0) is 9.84 Å². The van der Waals surface area contributed by atoms with Crippen LogP contribution >= 0.6 is 0 Å². The Labute approximate surface area is 116 Å². The fourth-order valence-corrected chi connectivity index (χ4v) is 4.88. The Kier molecular flexibility index (Phi) is 4.87. The molecule has 19 heavy (non-hydrogen) atoms. The van der Waals surface area contributed by atoms with E-state index in [1.807, 2.05) is 0 Å². The zero-order valence-electron chi connectivity index (χ0n) is 11.9. The van der Waals surface area contributed by atoms with Crippen molar-refractivity contribution in [1.29, 1.82) is 0 Å². The molecule has 2 aliphatic heterocycles. The lowest BCUT2D eigenvalue weighted by molar-refractivity contribution is 0.0585. The monoisotopic (exact) mass is 290 g/mol. The SMILES string of the molecule is CC(C)NCC1CCN(C2CS(=O)(=O)CC2O)CC1. The molecule has 112 valence electrons. The van der Waals surface area contributed by atoms with E-state index >= 15 is 0 Å². The topological polar surface area (TPSA) is 69.6 Å². The van der Waals surface area contributed by atoms with Gasteiger partial charge >= 0.3 is 0 Å². The van der Waals surface area contributed by atoms with E-state index in [-0.39, 0.29) is 17.5 Å². The molecule has 0 saturated carbocycles. The molecule has 0 radical (unpaired) electrons. The summed E-state index contributed by atoms with van der Waals surface area (Å²) in [6.07, 6.45) is 1.47. The molecule has 2 atom stereocenters. The van der Waals surface area contributed by atoms with Gasteiger partial charge in [-0.3, -0.25) is 4.90 Å². The van der Waals surface area contributed by atoms with E-state index in [0.29, 0.717) is 12.0 Å². The van der Waals surface area contributed by atoms with Crippen molar-refractivity contribution in [2.75, 3.05) is 31.1 Å². The summed E-state index contributed by atoms with van der Waals surface area (Å²) < 4.78 is 23.1. The zero-order valence-corrected chi connectivity index (χ0v) is 12.7. The quantitative estimate of drug-likeness (QED) is 0.754. The number of nitrogens with zero attached hydrogens (tertiary/aromatic N) is 1. The first-order valence-corrected chi connectivity index (χ1v) is 9.05. The largest absolute Gasteiger partial charge is 0.390 e. The molecule has 2 heterocycles. The van der Waals surface area contributed by atoms with Crippen LogP contribution < -0.4 is 5.32 Å². The van der Waals surface area contributed by atoms with Gasteiger partial charge in [0.1, 0.15) is 0 Å². The van der Waals surface area contributed by atoms with E-state index in [2.05, 4.69) is 24.1 Å². The molecule has 0 spiro atoms. The number of sulfone groups is 1. The summed E-state index contributed by atoms with van der Waals surface area (Å²) >= 11 is 0. The van der Waals surface area contributed by atoms with Crippen molar-refractivity contribution in [3.8, 4) is 0 Å². The molecule has 2 unspecified atom stereocenters. The lowest BCUT2D eigenvalue weighted by Gasteiger charge is -2.36. The average molecular weight is 290 g/mol. The Bertz CT molecular complexity index is 389. The molecular formula is C13H26N2O3S. The van der Waals surface area contributed by atoms with Crippen molar-refractivity contribution in [2.24, 2.45) is 5.92 Å². The first kappa shape index (κ1) is 15.2. The summed E-state index contributed by atoms with van der Waals surface area (Å²) in [6, 6.07) is 0.337. The van der Waals surface area contributed by atoms with Crippen molar-refractivity contribution < 1.29 is 13.5 Å². The normalized spacial score (nSPS) is 33.1. The first-order chi connectivity index (χ1) is 8.87. The van der Waals surface area contributed by atoms with Crippen LogP contribution in [0.1, 0.15) is 26.7 Å². The molecule has 6 heteroatoms. The summed E-state index contributed by atoms with van der Waals surface area (Å²) in [5, 5.41) is 13.3. The van der Waals surface area contributed by atoms with E-state index in [0.717, 1.165) is 32.5 Å². The van der Waals surface area contributed by atoms with Crippen LogP contribution in [0.15, 0.2) is 0 Å². The van der Waals surface area contributed by atoms with Crippen LogP contribution in [0.5, 0.6) is 0 Å². The van der Waals surface area contributed by atoms with Crippen LogP contribution in [0.4, 0.5) is 0 Å². The second kappa shape index (κ2) is 6.08. The molecule has 2 rings (SSSR count). The van der Waals surface area contributed by atoms with E-state index < -0.39 is 15.9 Å². The van der Waals surface area contributed by atoms with Crippen LogP contribution in [0.2, 0.25) is 0 Å². The molecular weight excluding hydrogens is 264 g/mol. The molecule has 2 fully saturated rings. The van der Waals surface area contributed by atoms with E-state index in [4.69, 9.17) is 0 Å². The minimum absolute atomic E-state index is 0.0630. The molecule has 0 bridgehead atoms.